The van der Waals surface area contributed by atoms with Crippen molar-refractivity contribution in [3.8, 4) is 0 Å². The predicted octanol–water partition coefficient (Wildman–Crippen LogP) is 4.84. The molecule has 2 atom stereocenters. The molecule has 0 aromatic heterocycles. The van der Waals surface area contributed by atoms with Gasteiger partial charge in [0.25, 0.3) is 0 Å². The fourth-order valence-corrected chi connectivity index (χ4v) is 2.82. The first-order chi connectivity index (χ1) is 8.29. The van der Waals surface area contributed by atoms with E-state index in [0.717, 1.165) is 6.42 Å². The van der Waals surface area contributed by atoms with Gasteiger partial charge in [0.05, 0.1) is 6.10 Å². The number of aliphatic hydroxyl groups excluding tert-OH is 1. The molecule has 1 aliphatic carbocycles. The standard InChI is InChI=1S/C16H30O/c1-3-5-7-9-11-15-13-12-14(16(15)17)10-8-6-4-2/h11,14,16-17H,3-10,12-13H2,1-2H3/b15-11-. The number of allylic oxidation sites excluding steroid dienone is 1. The minimum absolute atomic E-state index is 0.117. The Labute approximate surface area is 107 Å². The molecule has 0 aromatic carbocycles. The second kappa shape index (κ2) is 8.74. The first kappa shape index (κ1) is 14.8. The molecule has 0 aliphatic heterocycles. The average Bonchev–Trinajstić information content (AvgIpc) is 2.67. The van der Waals surface area contributed by atoms with Gasteiger partial charge >= 0.3 is 0 Å². The molecule has 1 fully saturated rings. The Balaban J connectivity index is 2.25. The summed E-state index contributed by atoms with van der Waals surface area (Å²) in [7, 11) is 0. The summed E-state index contributed by atoms with van der Waals surface area (Å²) in [4.78, 5) is 0. The summed E-state index contributed by atoms with van der Waals surface area (Å²) in [6.45, 7) is 4.48. The van der Waals surface area contributed by atoms with Crippen LogP contribution in [0, 0.1) is 5.92 Å². The van der Waals surface area contributed by atoms with E-state index in [9.17, 15) is 5.11 Å². The average molecular weight is 238 g/mol. The van der Waals surface area contributed by atoms with Crippen LogP contribution in [-0.2, 0) is 0 Å². The fraction of sp³-hybridized carbons (Fsp3) is 0.875. The molecular formula is C16H30O. The van der Waals surface area contributed by atoms with Gasteiger partial charge in [-0.2, -0.15) is 0 Å². The van der Waals surface area contributed by atoms with Crippen molar-refractivity contribution in [1.29, 1.82) is 0 Å². The lowest BCUT2D eigenvalue weighted by atomic mass is 9.97. The molecule has 0 spiro atoms. The summed E-state index contributed by atoms with van der Waals surface area (Å²) in [6.07, 6.45) is 14.7. The highest BCUT2D eigenvalue weighted by Crippen LogP contribution is 2.34. The van der Waals surface area contributed by atoms with Gasteiger partial charge in [-0.05, 0) is 43.6 Å². The molecule has 0 bridgehead atoms. The summed E-state index contributed by atoms with van der Waals surface area (Å²) in [5, 5.41) is 10.2. The molecular weight excluding hydrogens is 208 g/mol. The molecule has 1 heteroatoms. The predicted molar refractivity (Wildman–Crippen MR) is 75.1 cm³/mol. The third kappa shape index (κ3) is 5.25. The topological polar surface area (TPSA) is 20.2 Å². The molecule has 1 nitrogen and oxygen atoms in total. The highest BCUT2D eigenvalue weighted by molar-refractivity contribution is 5.14. The quantitative estimate of drug-likeness (QED) is 0.473. The van der Waals surface area contributed by atoms with Crippen molar-refractivity contribution in [3.05, 3.63) is 11.6 Å². The lowest BCUT2D eigenvalue weighted by Crippen LogP contribution is -2.14. The van der Waals surface area contributed by atoms with E-state index in [-0.39, 0.29) is 6.10 Å². The first-order valence-electron chi connectivity index (χ1n) is 7.66. The highest BCUT2D eigenvalue weighted by atomic mass is 16.3. The van der Waals surface area contributed by atoms with Crippen LogP contribution in [0.2, 0.25) is 0 Å². The van der Waals surface area contributed by atoms with Crippen LogP contribution in [0.25, 0.3) is 0 Å². The maximum Gasteiger partial charge on any atom is 0.0778 e. The number of hydrogen-bond acceptors (Lipinski definition) is 1. The molecule has 0 aromatic rings. The zero-order chi connectivity index (χ0) is 12.5. The van der Waals surface area contributed by atoms with E-state index in [1.165, 1.54) is 63.4 Å². The molecule has 1 N–H and O–H groups in total. The third-order valence-corrected chi connectivity index (χ3v) is 4.02. The summed E-state index contributed by atoms with van der Waals surface area (Å²) in [5.74, 6) is 0.555. The normalized spacial score (nSPS) is 26.9. The van der Waals surface area contributed by atoms with E-state index in [1.54, 1.807) is 0 Å². The molecule has 0 heterocycles. The Morgan fingerprint density at radius 1 is 1.12 bits per heavy atom. The van der Waals surface area contributed by atoms with Gasteiger partial charge in [-0.25, -0.2) is 0 Å². The van der Waals surface area contributed by atoms with Gasteiger partial charge in [0, 0.05) is 0 Å². The molecule has 2 unspecified atom stereocenters. The third-order valence-electron chi connectivity index (χ3n) is 4.02. The number of rotatable bonds is 8. The van der Waals surface area contributed by atoms with Crippen molar-refractivity contribution in [1.82, 2.24) is 0 Å². The Morgan fingerprint density at radius 2 is 1.82 bits per heavy atom. The van der Waals surface area contributed by atoms with Gasteiger partial charge in [0.2, 0.25) is 0 Å². The molecule has 0 saturated heterocycles. The van der Waals surface area contributed by atoms with Gasteiger partial charge in [-0.15, -0.1) is 0 Å². The lowest BCUT2D eigenvalue weighted by Gasteiger charge is -2.14. The Kier molecular flexibility index (Phi) is 7.59. The number of aliphatic hydroxyl groups is 1. The van der Waals surface area contributed by atoms with Crippen LogP contribution in [0.1, 0.15) is 78.1 Å². The minimum atomic E-state index is -0.117. The maximum absolute atomic E-state index is 10.2. The molecule has 17 heavy (non-hydrogen) atoms. The van der Waals surface area contributed by atoms with Gasteiger partial charge in [-0.1, -0.05) is 52.0 Å². The molecule has 1 saturated carbocycles. The number of unbranched alkanes of at least 4 members (excludes halogenated alkanes) is 5. The van der Waals surface area contributed by atoms with Gasteiger partial charge in [0.1, 0.15) is 0 Å². The van der Waals surface area contributed by atoms with Crippen LogP contribution in [0.5, 0.6) is 0 Å². The molecule has 100 valence electrons. The summed E-state index contributed by atoms with van der Waals surface area (Å²) < 4.78 is 0. The van der Waals surface area contributed by atoms with Crippen molar-refractivity contribution >= 4 is 0 Å². The van der Waals surface area contributed by atoms with Gasteiger partial charge < -0.3 is 5.11 Å². The Morgan fingerprint density at radius 3 is 2.53 bits per heavy atom. The van der Waals surface area contributed by atoms with E-state index >= 15 is 0 Å². The zero-order valence-corrected chi connectivity index (χ0v) is 11.8. The molecule has 1 aliphatic rings. The van der Waals surface area contributed by atoms with Gasteiger partial charge in [-0.3, -0.25) is 0 Å². The summed E-state index contributed by atoms with van der Waals surface area (Å²) in [5.41, 5.74) is 1.34. The smallest absolute Gasteiger partial charge is 0.0778 e. The van der Waals surface area contributed by atoms with Crippen molar-refractivity contribution < 1.29 is 5.11 Å². The molecule has 0 radical (unpaired) electrons. The van der Waals surface area contributed by atoms with Crippen LogP contribution in [0.4, 0.5) is 0 Å². The van der Waals surface area contributed by atoms with E-state index in [2.05, 4.69) is 19.9 Å². The second-order valence-corrected chi connectivity index (χ2v) is 5.51. The largest absolute Gasteiger partial charge is 0.388 e. The van der Waals surface area contributed by atoms with Crippen molar-refractivity contribution in [2.45, 2.75) is 84.2 Å². The van der Waals surface area contributed by atoms with E-state index < -0.39 is 0 Å². The van der Waals surface area contributed by atoms with Gasteiger partial charge in [0.15, 0.2) is 0 Å². The van der Waals surface area contributed by atoms with Crippen molar-refractivity contribution in [2.75, 3.05) is 0 Å². The van der Waals surface area contributed by atoms with Crippen LogP contribution >= 0.6 is 0 Å². The van der Waals surface area contributed by atoms with Crippen LogP contribution in [0.3, 0.4) is 0 Å². The van der Waals surface area contributed by atoms with E-state index in [4.69, 9.17) is 0 Å². The number of hydrogen-bond donors (Lipinski definition) is 1. The van der Waals surface area contributed by atoms with Crippen LogP contribution < -0.4 is 0 Å². The monoisotopic (exact) mass is 238 g/mol. The lowest BCUT2D eigenvalue weighted by molar-refractivity contribution is 0.154. The first-order valence-corrected chi connectivity index (χ1v) is 7.66. The zero-order valence-electron chi connectivity index (χ0n) is 11.8. The molecule has 1 rings (SSSR count). The minimum Gasteiger partial charge on any atom is -0.388 e. The van der Waals surface area contributed by atoms with Crippen molar-refractivity contribution in [2.24, 2.45) is 5.92 Å². The SMILES string of the molecule is CCCCC/C=C1/CCC(CCCCC)C1O. The van der Waals surface area contributed by atoms with E-state index in [0.29, 0.717) is 5.92 Å². The fourth-order valence-electron chi connectivity index (χ4n) is 2.82. The Hall–Kier alpha value is -0.300. The highest BCUT2D eigenvalue weighted by Gasteiger charge is 2.28. The second-order valence-electron chi connectivity index (χ2n) is 5.51. The molecule has 0 amide bonds. The summed E-state index contributed by atoms with van der Waals surface area (Å²) in [6, 6.07) is 0. The van der Waals surface area contributed by atoms with Crippen LogP contribution in [0.15, 0.2) is 11.6 Å². The summed E-state index contributed by atoms with van der Waals surface area (Å²) >= 11 is 0. The van der Waals surface area contributed by atoms with Crippen LogP contribution in [-0.4, -0.2) is 11.2 Å². The maximum atomic E-state index is 10.2. The van der Waals surface area contributed by atoms with E-state index in [1.807, 2.05) is 0 Å². The van der Waals surface area contributed by atoms with Crippen molar-refractivity contribution in [3.63, 3.8) is 0 Å². The Bertz CT molecular complexity index is 220.